The average molecular weight is 187 g/mol. The van der Waals surface area contributed by atoms with Crippen LogP contribution in [0.5, 0.6) is 0 Å². The molecule has 0 radical (unpaired) electrons. The van der Waals surface area contributed by atoms with Crippen molar-refractivity contribution >= 4 is 6.03 Å². The number of carbonyl (C=O) groups is 1. The summed E-state index contributed by atoms with van der Waals surface area (Å²) in [7, 11) is 0. The predicted octanol–water partition coefficient (Wildman–Crippen LogP) is -0.577. The Balaban J connectivity index is 2.43. The van der Waals surface area contributed by atoms with E-state index in [1.54, 1.807) is 0 Å². The summed E-state index contributed by atoms with van der Waals surface area (Å²) in [6, 6.07) is -0.168. The number of amides is 2. The van der Waals surface area contributed by atoms with Gasteiger partial charge in [0, 0.05) is 19.7 Å². The van der Waals surface area contributed by atoms with Crippen LogP contribution in [0, 0.1) is 0 Å². The van der Waals surface area contributed by atoms with Crippen LogP contribution in [0.1, 0.15) is 13.3 Å². The van der Waals surface area contributed by atoms with Crippen LogP contribution in [0.15, 0.2) is 0 Å². The van der Waals surface area contributed by atoms with Gasteiger partial charge in [-0.25, -0.2) is 4.79 Å². The van der Waals surface area contributed by atoms with E-state index in [1.807, 2.05) is 6.92 Å². The lowest BCUT2D eigenvalue weighted by Crippen LogP contribution is -2.56. The lowest BCUT2D eigenvalue weighted by molar-refractivity contribution is 0.167. The Morgan fingerprint density at radius 1 is 1.69 bits per heavy atom. The topological polar surface area (TPSA) is 76.4 Å². The smallest absolute Gasteiger partial charge is 0.315 e. The Morgan fingerprint density at radius 3 is 2.92 bits per heavy atom. The van der Waals surface area contributed by atoms with E-state index in [1.165, 1.54) is 0 Å². The molecule has 0 aromatic heterocycles. The van der Waals surface area contributed by atoms with Crippen molar-refractivity contribution in [3.8, 4) is 0 Å². The quantitative estimate of drug-likeness (QED) is 0.553. The zero-order valence-corrected chi connectivity index (χ0v) is 7.93. The van der Waals surface area contributed by atoms with Crippen molar-refractivity contribution in [3.05, 3.63) is 0 Å². The van der Waals surface area contributed by atoms with Crippen molar-refractivity contribution in [2.45, 2.75) is 18.9 Å². The molecule has 2 amide bonds. The van der Waals surface area contributed by atoms with Gasteiger partial charge < -0.3 is 21.1 Å². The number of urea groups is 1. The molecule has 1 heterocycles. The monoisotopic (exact) mass is 187 g/mol. The maximum absolute atomic E-state index is 11.2. The molecule has 5 nitrogen and oxygen atoms in total. The fourth-order valence-corrected chi connectivity index (χ4v) is 1.36. The van der Waals surface area contributed by atoms with Gasteiger partial charge in [-0.2, -0.15) is 0 Å². The molecular formula is C8H17N3O2. The largest absolute Gasteiger partial charge is 0.379 e. The standard InChI is InChI=1S/C8H17N3O2/c1-2-10-7(12)11-8(5-9)3-4-13-6-8/h2-6,9H2,1H3,(H2,10,11,12). The molecule has 1 saturated heterocycles. The van der Waals surface area contributed by atoms with Gasteiger partial charge in [-0.05, 0) is 13.3 Å². The lowest BCUT2D eigenvalue weighted by Gasteiger charge is -2.26. The molecule has 0 aliphatic carbocycles. The van der Waals surface area contributed by atoms with Gasteiger partial charge in [0.2, 0.25) is 0 Å². The van der Waals surface area contributed by atoms with Gasteiger partial charge in [0.05, 0.1) is 12.1 Å². The summed E-state index contributed by atoms with van der Waals surface area (Å²) in [6.07, 6.45) is 0.792. The summed E-state index contributed by atoms with van der Waals surface area (Å²) in [6.45, 7) is 4.10. The molecule has 5 heteroatoms. The van der Waals surface area contributed by atoms with Crippen LogP contribution in [0.3, 0.4) is 0 Å². The number of nitrogens with two attached hydrogens (primary N) is 1. The van der Waals surface area contributed by atoms with Crippen LogP contribution in [0.2, 0.25) is 0 Å². The highest BCUT2D eigenvalue weighted by atomic mass is 16.5. The normalized spacial score (nSPS) is 27.2. The van der Waals surface area contributed by atoms with E-state index < -0.39 is 0 Å². The number of ether oxygens (including phenoxy) is 1. The second-order valence-electron chi connectivity index (χ2n) is 3.27. The zero-order chi connectivity index (χ0) is 9.73. The van der Waals surface area contributed by atoms with Crippen LogP contribution in [-0.4, -0.2) is 37.9 Å². The van der Waals surface area contributed by atoms with Gasteiger partial charge in [-0.15, -0.1) is 0 Å². The van der Waals surface area contributed by atoms with Crippen LogP contribution in [-0.2, 0) is 4.74 Å². The van der Waals surface area contributed by atoms with E-state index in [-0.39, 0.29) is 11.6 Å². The van der Waals surface area contributed by atoms with Crippen molar-refractivity contribution in [2.24, 2.45) is 5.73 Å². The van der Waals surface area contributed by atoms with Gasteiger partial charge >= 0.3 is 6.03 Å². The van der Waals surface area contributed by atoms with Crippen molar-refractivity contribution in [1.82, 2.24) is 10.6 Å². The highest BCUT2D eigenvalue weighted by Gasteiger charge is 2.34. The Morgan fingerprint density at radius 2 is 2.46 bits per heavy atom. The molecule has 13 heavy (non-hydrogen) atoms. The van der Waals surface area contributed by atoms with E-state index >= 15 is 0 Å². The number of carbonyl (C=O) groups excluding carboxylic acids is 1. The molecule has 1 aliphatic heterocycles. The van der Waals surface area contributed by atoms with E-state index in [9.17, 15) is 4.79 Å². The van der Waals surface area contributed by atoms with Crippen molar-refractivity contribution < 1.29 is 9.53 Å². The van der Waals surface area contributed by atoms with E-state index in [4.69, 9.17) is 10.5 Å². The molecule has 0 aromatic carbocycles. The van der Waals surface area contributed by atoms with Crippen LogP contribution >= 0.6 is 0 Å². The molecular weight excluding hydrogens is 170 g/mol. The summed E-state index contributed by atoms with van der Waals surface area (Å²) in [4.78, 5) is 11.2. The van der Waals surface area contributed by atoms with E-state index in [0.717, 1.165) is 6.42 Å². The summed E-state index contributed by atoms with van der Waals surface area (Å²) in [5, 5.41) is 5.51. The minimum atomic E-state index is -0.348. The molecule has 4 N–H and O–H groups in total. The molecule has 1 unspecified atom stereocenters. The summed E-state index contributed by atoms with van der Waals surface area (Å²) < 4.78 is 5.21. The number of hydrogen-bond donors (Lipinski definition) is 3. The second-order valence-corrected chi connectivity index (χ2v) is 3.27. The first kappa shape index (κ1) is 10.3. The van der Waals surface area contributed by atoms with Crippen molar-refractivity contribution in [2.75, 3.05) is 26.3 Å². The third kappa shape index (κ3) is 2.57. The summed E-state index contributed by atoms with van der Waals surface area (Å²) in [5.74, 6) is 0. The van der Waals surface area contributed by atoms with Gasteiger partial charge in [0.1, 0.15) is 0 Å². The number of nitrogens with one attached hydrogen (secondary N) is 2. The molecule has 1 rings (SSSR count). The molecule has 0 saturated carbocycles. The maximum Gasteiger partial charge on any atom is 0.315 e. The first-order chi connectivity index (χ1) is 6.22. The third-order valence-electron chi connectivity index (χ3n) is 2.21. The molecule has 0 spiro atoms. The van der Waals surface area contributed by atoms with Crippen molar-refractivity contribution in [3.63, 3.8) is 0 Å². The maximum atomic E-state index is 11.2. The van der Waals surface area contributed by atoms with Crippen LogP contribution < -0.4 is 16.4 Å². The first-order valence-corrected chi connectivity index (χ1v) is 4.56. The summed E-state index contributed by atoms with van der Waals surface area (Å²) in [5.41, 5.74) is 5.24. The fraction of sp³-hybridized carbons (Fsp3) is 0.875. The lowest BCUT2D eigenvalue weighted by atomic mass is 9.99. The number of rotatable bonds is 3. The van der Waals surface area contributed by atoms with Crippen LogP contribution in [0.4, 0.5) is 4.79 Å². The van der Waals surface area contributed by atoms with Gasteiger partial charge in [-0.3, -0.25) is 0 Å². The molecule has 1 fully saturated rings. The fourth-order valence-electron chi connectivity index (χ4n) is 1.36. The molecule has 76 valence electrons. The van der Waals surface area contributed by atoms with E-state index in [2.05, 4.69) is 10.6 Å². The Hall–Kier alpha value is -0.810. The third-order valence-corrected chi connectivity index (χ3v) is 2.21. The predicted molar refractivity (Wildman–Crippen MR) is 49.4 cm³/mol. The highest BCUT2D eigenvalue weighted by molar-refractivity contribution is 5.74. The first-order valence-electron chi connectivity index (χ1n) is 4.56. The van der Waals surface area contributed by atoms with Gasteiger partial charge in [-0.1, -0.05) is 0 Å². The minimum Gasteiger partial charge on any atom is -0.379 e. The number of hydrogen-bond acceptors (Lipinski definition) is 3. The summed E-state index contributed by atoms with van der Waals surface area (Å²) >= 11 is 0. The molecule has 1 aliphatic rings. The zero-order valence-electron chi connectivity index (χ0n) is 7.93. The second kappa shape index (κ2) is 4.43. The molecule has 0 bridgehead atoms. The minimum absolute atomic E-state index is 0.168. The van der Waals surface area contributed by atoms with Crippen molar-refractivity contribution in [1.29, 1.82) is 0 Å². The Kier molecular flexibility index (Phi) is 3.50. The van der Waals surface area contributed by atoms with E-state index in [0.29, 0.717) is 26.3 Å². The van der Waals surface area contributed by atoms with Gasteiger partial charge in [0.25, 0.3) is 0 Å². The van der Waals surface area contributed by atoms with Crippen LogP contribution in [0.25, 0.3) is 0 Å². The average Bonchev–Trinajstić information content (AvgIpc) is 2.54. The Bertz CT molecular complexity index is 178. The molecule has 0 aromatic rings. The SMILES string of the molecule is CCNC(=O)NC1(CN)CCOC1. The highest BCUT2D eigenvalue weighted by Crippen LogP contribution is 2.16. The molecule has 1 atom stereocenters. The Labute approximate surface area is 78.0 Å². The van der Waals surface area contributed by atoms with Gasteiger partial charge in [0.15, 0.2) is 0 Å².